The molecule has 1 unspecified atom stereocenters. The summed E-state index contributed by atoms with van der Waals surface area (Å²) in [6.07, 6.45) is 3.26. The number of aryl methyl sites for hydroxylation is 1. The molecule has 1 heterocycles. The van der Waals surface area contributed by atoms with E-state index in [2.05, 4.69) is 43.1 Å². The third kappa shape index (κ3) is 3.25. The number of hydrogen-bond acceptors (Lipinski definition) is 3. The maximum absolute atomic E-state index is 11.4. The van der Waals surface area contributed by atoms with Gasteiger partial charge in [0.15, 0.2) is 0 Å². The van der Waals surface area contributed by atoms with Crippen molar-refractivity contribution in [1.29, 1.82) is 0 Å². The maximum atomic E-state index is 11.4. The van der Waals surface area contributed by atoms with Crippen LogP contribution >= 0.6 is 0 Å². The van der Waals surface area contributed by atoms with Gasteiger partial charge < -0.3 is 15.2 Å². The van der Waals surface area contributed by atoms with Crippen molar-refractivity contribution >= 4 is 0 Å². The standard InChI is InChI=1S/C15H25N3O/c1-15(2,18(3)4)10-16-12-6-5-7-13-11(12)8-9-14(19)17-13/h8-9,12,16H,5-7,10H2,1-4H3,(H,17,19). The average Bonchev–Trinajstić information content (AvgIpc) is 2.35. The van der Waals surface area contributed by atoms with Crippen molar-refractivity contribution in [2.75, 3.05) is 20.6 Å². The molecule has 0 aromatic carbocycles. The van der Waals surface area contributed by atoms with Crippen LogP contribution in [0.2, 0.25) is 0 Å². The summed E-state index contributed by atoms with van der Waals surface area (Å²) >= 11 is 0. The van der Waals surface area contributed by atoms with E-state index in [9.17, 15) is 4.79 Å². The smallest absolute Gasteiger partial charge is 0.248 e. The SMILES string of the molecule is CN(C)C(C)(C)CNC1CCCc2[nH]c(=O)ccc21. The predicted molar refractivity (Wildman–Crippen MR) is 78.5 cm³/mol. The van der Waals surface area contributed by atoms with Gasteiger partial charge in [-0.1, -0.05) is 6.07 Å². The second-order valence-corrected chi connectivity index (χ2v) is 6.29. The summed E-state index contributed by atoms with van der Waals surface area (Å²) in [7, 11) is 4.21. The van der Waals surface area contributed by atoms with E-state index in [1.165, 1.54) is 5.56 Å². The van der Waals surface area contributed by atoms with Crippen LogP contribution in [0, 0.1) is 0 Å². The summed E-state index contributed by atoms with van der Waals surface area (Å²) < 4.78 is 0. The lowest BCUT2D eigenvalue weighted by Gasteiger charge is -2.35. The van der Waals surface area contributed by atoms with Gasteiger partial charge in [-0.25, -0.2) is 0 Å². The van der Waals surface area contributed by atoms with Crippen molar-refractivity contribution in [2.45, 2.75) is 44.7 Å². The number of aromatic amines is 1. The molecular formula is C15H25N3O. The third-order valence-electron chi connectivity index (χ3n) is 4.32. The molecule has 19 heavy (non-hydrogen) atoms. The van der Waals surface area contributed by atoms with Gasteiger partial charge in [-0.2, -0.15) is 0 Å². The molecule has 4 nitrogen and oxygen atoms in total. The third-order valence-corrected chi connectivity index (χ3v) is 4.32. The highest BCUT2D eigenvalue weighted by atomic mass is 16.1. The quantitative estimate of drug-likeness (QED) is 0.869. The van der Waals surface area contributed by atoms with Crippen molar-refractivity contribution < 1.29 is 0 Å². The molecule has 0 saturated heterocycles. The fourth-order valence-corrected chi connectivity index (χ4v) is 2.44. The number of rotatable bonds is 4. The molecule has 1 aromatic rings. The monoisotopic (exact) mass is 263 g/mol. The van der Waals surface area contributed by atoms with Crippen molar-refractivity contribution in [3.8, 4) is 0 Å². The van der Waals surface area contributed by atoms with Crippen LogP contribution in [0.3, 0.4) is 0 Å². The summed E-state index contributed by atoms with van der Waals surface area (Å²) in [5, 5.41) is 3.66. The lowest BCUT2D eigenvalue weighted by Crippen LogP contribution is -2.47. The minimum Gasteiger partial charge on any atom is -0.326 e. The topological polar surface area (TPSA) is 48.1 Å². The molecule has 0 aliphatic heterocycles. The molecule has 106 valence electrons. The van der Waals surface area contributed by atoms with Crippen molar-refractivity contribution in [2.24, 2.45) is 0 Å². The first kappa shape index (κ1) is 14.3. The molecule has 0 saturated carbocycles. The molecule has 1 aliphatic rings. The van der Waals surface area contributed by atoms with Crippen LogP contribution in [0.1, 0.15) is 44.0 Å². The maximum Gasteiger partial charge on any atom is 0.248 e. The van der Waals surface area contributed by atoms with E-state index in [1.807, 2.05) is 6.07 Å². The number of pyridine rings is 1. The molecule has 2 rings (SSSR count). The molecule has 0 radical (unpaired) electrons. The zero-order valence-corrected chi connectivity index (χ0v) is 12.4. The lowest BCUT2D eigenvalue weighted by atomic mass is 9.90. The Morgan fingerprint density at radius 3 is 2.84 bits per heavy atom. The Bertz CT molecular complexity index is 490. The molecule has 1 atom stereocenters. The number of aromatic nitrogens is 1. The summed E-state index contributed by atoms with van der Waals surface area (Å²) in [5.41, 5.74) is 2.51. The summed E-state index contributed by atoms with van der Waals surface area (Å²) in [4.78, 5) is 16.6. The van der Waals surface area contributed by atoms with Crippen LogP contribution in [0.25, 0.3) is 0 Å². The fraction of sp³-hybridized carbons (Fsp3) is 0.667. The molecule has 0 fully saturated rings. The van der Waals surface area contributed by atoms with E-state index in [0.29, 0.717) is 6.04 Å². The zero-order chi connectivity index (χ0) is 14.0. The van der Waals surface area contributed by atoms with Gasteiger partial charge in [0.1, 0.15) is 0 Å². The van der Waals surface area contributed by atoms with E-state index < -0.39 is 0 Å². The highest BCUT2D eigenvalue weighted by Gasteiger charge is 2.25. The Kier molecular flexibility index (Phi) is 4.11. The van der Waals surface area contributed by atoms with E-state index >= 15 is 0 Å². The van der Waals surface area contributed by atoms with Gasteiger partial charge in [0.25, 0.3) is 0 Å². The number of fused-ring (bicyclic) bond motifs is 1. The Balaban J connectivity index is 2.10. The number of nitrogens with zero attached hydrogens (tertiary/aromatic N) is 1. The van der Waals surface area contributed by atoms with Crippen molar-refractivity contribution in [3.05, 3.63) is 33.7 Å². The number of likely N-dealkylation sites (N-methyl/N-ethyl adjacent to an activating group) is 1. The van der Waals surface area contributed by atoms with Gasteiger partial charge >= 0.3 is 0 Å². The minimum atomic E-state index is 0.00743. The molecule has 0 amide bonds. The van der Waals surface area contributed by atoms with Gasteiger partial charge in [-0.05, 0) is 52.8 Å². The zero-order valence-electron chi connectivity index (χ0n) is 12.4. The van der Waals surface area contributed by atoms with Crippen LogP contribution in [-0.4, -0.2) is 36.1 Å². The van der Waals surface area contributed by atoms with Crippen LogP contribution in [0.4, 0.5) is 0 Å². The Hall–Kier alpha value is -1.13. The highest BCUT2D eigenvalue weighted by molar-refractivity contribution is 5.26. The number of nitrogens with one attached hydrogen (secondary N) is 2. The average molecular weight is 263 g/mol. The molecule has 0 spiro atoms. The lowest BCUT2D eigenvalue weighted by molar-refractivity contribution is 0.182. The highest BCUT2D eigenvalue weighted by Crippen LogP contribution is 2.27. The van der Waals surface area contributed by atoms with Crippen LogP contribution < -0.4 is 10.9 Å². The second kappa shape index (κ2) is 5.47. The Morgan fingerprint density at radius 2 is 2.16 bits per heavy atom. The van der Waals surface area contributed by atoms with E-state index in [4.69, 9.17) is 0 Å². The predicted octanol–water partition coefficient (Wildman–Crippen LogP) is 1.68. The number of H-pyrrole nitrogens is 1. The first-order valence-corrected chi connectivity index (χ1v) is 7.03. The number of hydrogen-bond donors (Lipinski definition) is 2. The van der Waals surface area contributed by atoms with Crippen molar-refractivity contribution in [1.82, 2.24) is 15.2 Å². The summed E-state index contributed by atoms with van der Waals surface area (Å²) in [6.45, 7) is 5.40. The van der Waals surface area contributed by atoms with Gasteiger partial charge in [0.2, 0.25) is 5.56 Å². The Labute approximate surface area is 115 Å². The molecule has 2 N–H and O–H groups in total. The fourth-order valence-electron chi connectivity index (χ4n) is 2.44. The normalized spacial score (nSPS) is 19.5. The van der Waals surface area contributed by atoms with Gasteiger partial charge in [0.05, 0.1) is 0 Å². The first-order chi connectivity index (χ1) is 8.90. The molecule has 1 aliphatic carbocycles. The van der Waals surface area contributed by atoms with Gasteiger partial charge in [0, 0.05) is 29.9 Å². The summed E-state index contributed by atoms with van der Waals surface area (Å²) in [5.74, 6) is 0. The van der Waals surface area contributed by atoms with Crippen molar-refractivity contribution in [3.63, 3.8) is 0 Å². The largest absolute Gasteiger partial charge is 0.326 e. The Morgan fingerprint density at radius 1 is 1.42 bits per heavy atom. The van der Waals surface area contributed by atoms with Gasteiger partial charge in [-0.15, -0.1) is 0 Å². The summed E-state index contributed by atoms with van der Waals surface area (Å²) in [6, 6.07) is 3.98. The molecular weight excluding hydrogens is 238 g/mol. The van der Waals surface area contributed by atoms with Crippen LogP contribution in [0.5, 0.6) is 0 Å². The van der Waals surface area contributed by atoms with E-state index in [1.54, 1.807) is 6.07 Å². The first-order valence-electron chi connectivity index (χ1n) is 7.03. The van der Waals surface area contributed by atoms with Crippen LogP contribution in [0.15, 0.2) is 16.9 Å². The van der Waals surface area contributed by atoms with E-state index in [-0.39, 0.29) is 11.1 Å². The van der Waals surface area contributed by atoms with Crippen LogP contribution in [-0.2, 0) is 6.42 Å². The molecule has 1 aromatic heterocycles. The second-order valence-electron chi connectivity index (χ2n) is 6.29. The molecule has 0 bridgehead atoms. The van der Waals surface area contributed by atoms with Gasteiger partial charge in [-0.3, -0.25) is 4.79 Å². The molecule has 4 heteroatoms. The van der Waals surface area contributed by atoms with E-state index in [0.717, 1.165) is 31.5 Å². The minimum absolute atomic E-state index is 0.00743.